The number of nitrogens with one attached hydrogen (secondary N) is 1. The lowest BCUT2D eigenvalue weighted by Gasteiger charge is -2.35. The summed E-state index contributed by atoms with van der Waals surface area (Å²) < 4.78 is 0. The number of nitrogens with zero attached hydrogens (tertiary/aromatic N) is 1. The van der Waals surface area contributed by atoms with Crippen molar-refractivity contribution >= 4 is 46.1 Å². The number of benzene rings is 1. The zero-order valence-electron chi connectivity index (χ0n) is 13.1. The normalized spacial score (nSPS) is 20.7. The molecular formula is C18H18Cl2N2OS. The second-order valence-corrected chi connectivity index (χ2v) is 8.24. The molecule has 0 bridgehead atoms. The minimum Gasteiger partial charge on any atom is -0.324 e. The molecule has 3 nitrogen and oxygen atoms in total. The maximum atomic E-state index is 12.5. The summed E-state index contributed by atoms with van der Waals surface area (Å²) in [7, 11) is 0. The van der Waals surface area contributed by atoms with Gasteiger partial charge in [-0.3, -0.25) is 9.69 Å². The molecule has 0 saturated heterocycles. The van der Waals surface area contributed by atoms with Gasteiger partial charge in [-0.1, -0.05) is 29.3 Å². The van der Waals surface area contributed by atoms with Crippen molar-refractivity contribution in [1.82, 2.24) is 4.90 Å². The third-order valence-corrected chi connectivity index (χ3v) is 6.57. The van der Waals surface area contributed by atoms with Gasteiger partial charge >= 0.3 is 0 Å². The zero-order valence-corrected chi connectivity index (χ0v) is 15.4. The van der Waals surface area contributed by atoms with Crippen molar-refractivity contribution in [3.05, 3.63) is 50.1 Å². The van der Waals surface area contributed by atoms with Gasteiger partial charge in [0.1, 0.15) is 0 Å². The Morgan fingerprint density at radius 3 is 2.92 bits per heavy atom. The lowest BCUT2D eigenvalue weighted by Crippen LogP contribution is -2.41. The molecule has 0 spiro atoms. The first-order valence-corrected chi connectivity index (χ1v) is 9.81. The van der Waals surface area contributed by atoms with Crippen molar-refractivity contribution in [3.8, 4) is 0 Å². The quantitative estimate of drug-likeness (QED) is 0.808. The van der Waals surface area contributed by atoms with Crippen LogP contribution in [-0.4, -0.2) is 23.9 Å². The molecule has 6 heteroatoms. The predicted octanol–water partition coefficient (Wildman–Crippen LogP) is 5.00. The highest BCUT2D eigenvalue weighted by molar-refractivity contribution is 7.10. The fourth-order valence-electron chi connectivity index (χ4n) is 3.51. The zero-order chi connectivity index (χ0) is 16.7. The summed E-state index contributed by atoms with van der Waals surface area (Å²) in [5.41, 5.74) is 2.01. The first-order chi connectivity index (χ1) is 11.6. The van der Waals surface area contributed by atoms with E-state index in [2.05, 4.69) is 21.7 Å². The summed E-state index contributed by atoms with van der Waals surface area (Å²) in [6.45, 7) is 1.32. The maximum Gasteiger partial charge on any atom is 0.238 e. The van der Waals surface area contributed by atoms with Crippen LogP contribution >= 0.6 is 34.5 Å². The number of carbonyl (C=O) groups is 1. The van der Waals surface area contributed by atoms with E-state index in [1.54, 1.807) is 18.2 Å². The van der Waals surface area contributed by atoms with E-state index >= 15 is 0 Å². The van der Waals surface area contributed by atoms with Gasteiger partial charge in [-0.15, -0.1) is 11.3 Å². The second-order valence-electron chi connectivity index (χ2n) is 6.45. The number of hydrogen-bond donors (Lipinski definition) is 1. The summed E-state index contributed by atoms with van der Waals surface area (Å²) in [5.74, 6) is 0.657. The molecule has 4 rings (SSSR count). The number of carbonyl (C=O) groups excluding carboxylic acids is 1. The minimum atomic E-state index is -0.0384. The standard InChI is InChI=1S/C18H18Cl2N2OS/c19-13-2-1-3-14(17(13)20)21-16(23)10-22-8-6-15-12(7-9-24-15)18(22)11-4-5-11/h1-3,7,9,11,18H,4-6,8,10H2,(H,21,23)/t18-/m0/s1. The second kappa shape index (κ2) is 6.68. The Morgan fingerprint density at radius 2 is 2.12 bits per heavy atom. The van der Waals surface area contributed by atoms with E-state index < -0.39 is 0 Å². The van der Waals surface area contributed by atoms with Crippen molar-refractivity contribution in [2.24, 2.45) is 5.92 Å². The number of fused-ring (bicyclic) bond motifs is 1. The number of halogens is 2. The Balaban J connectivity index is 1.48. The number of amides is 1. The van der Waals surface area contributed by atoms with Gasteiger partial charge in [0.2, 0.25) is 5.91 Å². The average molecular weight is 381 g/mol. The predicted molar refractivity (Wildman–Crippen MR) is 100 cm³/mol. The molecule has 2 heterocycles. The van der Waals surface area contributed by atoms with Crippen molar-refractivity contribution in [2.45, 2.75) is 25.3 Å². The van der Waals surface area contributed by atoms with E-state index in [4.69, 9.17) is 23.2 Å². The van der Waals surface area contributed by atoms with Crippen molar-refractivity contribution < 1.29 is 4.79 Å². The largest absolute Gasteiger partial charge is 0.324 e. The SMILES string of the molecule is O=C(CN1CCc2sccc2[C@@H]1C1CC1)Nc1cccc(Cl)c1Cl. The lowest BCUT2D eigenvalue weighted by atomic mass is 9.96. The third-order valence-electron chi connectivity index (χ3n) is 4.76. The lowest BCUT2D eigenvalue weighted by molar-refractivity contribution is -0.118. The van der Waals surface area contributed by atoms with Gasteiger partial charge in [-0.25, -0.2) is 0 Å². The highest BCUT2D eigenvalue weighted by Gasteiger charge is 2.40. The van der Waals surface area contributed by atoms with E-state index in [9.17, 15) is 4.79 Å². The molecule has 0 radical (unpaired) electrons. The number of hydrogen-bond acceptors (Lipinski definition) is 3. The molecule has 1 amide bonds. The molecule has 1 aliphatic heterocycles. The molecule has 1 atom stereocenters. The molecule has 1 fully saturated rings. The number of thiophene rings is 1. The molecule has 1 aliphatic carbocycles. The summed E-state index contributed by atoms with van der Waals surface area (Å²) in [6, 6.07) is 7.90. The van der Waals surface area contributed by atoms with Crippen LogP contribution in [0.2, 0.25) is 10.0 Å². The molecular weight excluding hydrogens is 363 g/mol. The molecule has 1 aromatic carbocycles. The van der Waals surface area contributed by atoms with Crippen LogP contribution < -0.4 is 5.32 Å². The number of anilines is 1. The highest BCUT2D eigenvalue weighted by atomic mass is 35.5. The molecule has 1 aromatic heterocycles. The summed E-state index contributed by atoms with van der Waals surface area (Å²) in [5, 5.41) is 5.92. The highest BCUT2D eigenvalue weighted by Crippen LogP contribution is 2.48. The molecule has 24 heavy (non-hydrogen) atoms. The first-order valence-electron chi connectivity index (χ1n) is 8.17. The van der Waals surface area contributed by atoms with Crippen LogP contribution in [-0.2, 0) is 11.2 Å². The van der Waals surface area contributed by atoms with Crippen molar-refractivity contribution in [3.63, 3.8) is 0 Å². The Hall–Kier alpha value is -1.07. The van der Waals surface area contributed by atoms with Crippen LogP contribution in [0.5, 0.6) is 0 Å². The summed E-state index contributed by atoms with van der Waals surface area (Å²) in [6.07, 6.45) is 3.55. The Morgan fingerprint density at radius 1 is 1.29 bits per heavy atom. The van der Waals surface area contributed by atoms with Crippen LogP contribution in [0.25, 0.3) is 0 Å². The Bertz CT molecular complexity index is 772. The third kappa shape index (κ3) is 3.21. The van der Waals surface area contributed by atoms with Gasteiger partial charge in [0.15, 0.2) is 0 Å². The Kier molecular flexibility index (Phi) is 4.56. The molecule has 1 saturated carbocycles. The average Bonchev–Trinajstić information content (AvgIpc) is 3.28. The minimum absolute atomic E-state index is 0.0384. The van der Waals surface area contributed by atoms with Crippen LogP contribution in [0.1, 0.15) is 29.3 Å². The van der Waals surface area contributed by atoms with Crippen LogP contribution in [0.4, 0.5) is 5.69 Å². The van der Waals surface area contributed by atoms with E-state index in [0.717, 1.165) is 13.0 Å². The van der Waals surface area contributed by atoms with E-state index in [0.29, 0.717) is 34.2 Å². The molecule has 1 N–H and O–H groups in total. The van der Waals surface area contributed by atoms with Gasteiger partial charge in [-0.05, 0) is 54.3 Å². The first kappa shape index (κ1) is 16.4. The molecule has 126 valence electrons. The van der Waals surface area contributed by atoms with Crippen LogP contribution in [0, 0.1) is 5.92 Å². The maximum absolute atomic E-state index is 12.5. The summed E-state index contributed by atoms with van der Waals surface area (Å²) >= 11 is 14.0. The van der Waals surface area contributed by atoms with Gasteiger partial charge in [-0.2, -0.15) is 0 Å². The van der Waals surface area contributed by atoms with Crippen LogP contribution in [0.3, 0.4) is 0 Å². The van der Waals surface area contributed by atoms with E-state index in [1.165, 1.54) is 23.3 Å². The van der Waals surface area contributed by atoms with E-state index in [-0.39, 0.29) is 5.91 Å². The molecule has 0 unspecified atom stereocenters. The fraction of sp³-hybridized carbons (Fsp3) is 0.389. The van der Waals surface area contributed by atoms with Crippen molar-refractivity contribution in [2.75, 3.05) is 18.4 Å². The van der Waals surface area contributed by atoms with Gasteiger partial charge in [0.05, 0.1) is 22.3 Å². The molecule has 2 aliphatic rings. The Labute approximate surface area is 155 Å². The van der Waals surface area contributed by atoms with Crippen molar-refractivity contribution in [1.29, 1.82) is 0 Å². The van der Waals surface area contributed by atoms with Gasteiger partial charge < -0.3 is 5.32 Å². The van der Waals surface area contributed by atoms with Gasteiger partial charge in [0.25, 0.3) is 0 Å². The summed E-state index contributed by atoms with van der Waals surface area (Å²) in [4.78, 5) is 16.3. The number of rotatable bonds is 4. The van der Waals surface area contributed by atoms with Crippen LogP contribution in [0.15, 0.2) is 29.6 Å². The molecule has 2 aromatic rings. The fourth-order valence-corrected chi connectivity index (χ4v) is 4.77. The topological polar surface area (TPSA) is 32.3 Å². The van der Waals surface area contributed by atoms with E-state index in [1.807, 2.05) is 11.3 Å². The van der Waals surface area contributed by atoms with Gasteiger partial charge in [0, 0.05) is 17.5 Å². The smallest absolute Gasteiger partial charge is 0.238 e. The monoisotopic (exact) mass is 380 g/mol.